The van der Waals surface area contributed by atoms with Gasteiger partial charge in [0.15, 0.2) is 0 Å². The van der Waals surface area contributed by atoms with E-state index in [2.05, 4.69) is 10.3 Å². The number of hydrogen-bond donors (Lipinski definition) is 0. The summed E-state index contributed by atoms with van der Waals surface area (Å²) in [4.78, 5) is 11.5. The monoisotopic (exact) mass is 191 g/mol. The summed E-state index contributed by atoms with van der Waals surface area (Å²) in [5.41, 5.74) is 0.394. The SMILES string of the molecule is COc1ccc2c(=O)n(C)nnc2c1. The van der Waals surface area contributed by atoms with Gasteiger partial charge in [0, 0.05) is 13.1 Å². The van der Waals surface area contributed by atoms with E-state index in [9.17, 15) is 4.79 Å². The van der Waals surface area contributed by atoms with Crippen LogP contribution in [-0.2, 0) is 7.05 Å². The van der Waals surface area contributed by atoms with Gasteiger partial charge in [-0.25, -0.2) is 4.68 Å². The average Bonchev–Trinajstić information content (AvgIpc) is 2.23. The zero-order chi connectivity index (χ0) is 10.1. The van der Waals surface area contributed by atoms with Crippen LogP contribution in [0.25, 0.3) is 10.9 Å². The highest BCUT2D eigenvalue weighted by Crippen LogP contribution is 2.14. The molecule has 0 spiro atoms. The molecule has 14 heavy (non-hydrogen) atoms. The van der Waals surface area contributed by atoms with E-state index in [1.54, 1.807) is 32.4 Å². The van der Waals surface area contributed by atoms with Crippen molar-refractivity contribution in [1.82, 2.24) is 15.0 Å². The van der Waals surface area contributed by atoms with Crippen molar-refractivity contribution in [2.45, 2.75) is 0 Å². The van der Waals surface area contributed by atoms with Crippen LogP contribution in [0, 0.1) is 0 Å². The molecule has 2 aromatic rings. The second-order valence-electron chi connectivity index (χ2n) is 2.90. The third-order valence-electron chi connectivity index (χ3n) is 2.02. The molecule has 0 saturated heterocycles. The highest BCUT2D eigenvalue weighted by molar-refractivity contribution is 5.78. The van der Waals surface area contributed by atoms with Gasteiger partial charge in [0.05, 0.1) is 12.5 Å². The van der Waals surface area contributed by atoms with Crippen LogP contribution in [0.15, 0.2) is 23.0 Å². The van der Waals surface area contributed by atoms with E-state index in [0.29, 0.717) is 16.7 Å². The van der Waals surface area contributed by atoms with Gasteiger partial charge in [0.25, 0.3) is 5.56 Å². The van der Waals surface area contributed by atoms with Crippen molar-refractivity contribution in [3.05, 3.63) is 28.6 Å². The Bertz CT molecular complexity index is 533. The lowest BCUT2D eigenvalue weighted by Crippen LogP contribution is -2.20. The van der Waals surface area contributed by atoms with Gasteiger partial charge in [0.1, 0.15) is 11.3 Å². The third-order valence-corrected chi connectivity index (χ3v) is 2.02. The standard InChI is InChI=1S/C9H9N3O2/c1-12-9(13)7-4-3-6(14-2)5-8(7)10-11-12/h3-5H,1-2H3. The molecule has 0 fully saturated rings. The molecule has 0 unspecified atom stereocenters. The molecule has 2 rings (SSSR count). The summed E-state index contributed by atoms with van der Waals surface area (Å²) in [5.74, 6) is 0.667. The van der Waals surface area contributed by atoms with Crippen molar-refractivity contribution in [3.8, 4) is 5.75 Å². The fourth-order valence-electron chi connectivity index (χ4n) is 1.23. The number of aryl methyl sites for hydroxylation is 1. The largest absolute Gasteiger partial charge is 0.497 e. The van der Waals surface area contributed by atoms with E-state index >= 15 is 0 Å². The molecule has 0 aliphatic rings. The number of rotatable bonds is 1. The van der Waals surface area contributed by atoms with Crippen molar-refractivity contribution in [1.29, 1.82) is 0 Å². The predicted octanol–water partition coefficient (Wildman–Crippen LogP) is 0.337. The van der Waals surface area contributed by atoms with E-state index < -0.39 is 0 Å². The molecule has 5 nitrogen and oxygen atoms in total. The first-order valence-corrected chi connectivity index (χ1v) is 4.10. The molecule has 0 radical (unpaired) electrons. The van der Waals surface area contributed by atoms with Gasteiger partial charge in [-0.05, 0) is 12.1 Å². The Kier molecular flexibility index (Phi) is 1.92. The minimum absolute atomic E-state index is 0.155. The van der Waals surface area contributed by atoms with Crippen LogP contribution < -0.4 is 10.3 Å². The van der Waals surface area contributed by atoms with Crippen LogP contribution in [0.4, 0.5) is 0 Å². The number of nitrogens with zero attached hydrogens (tertiary/aromatic N) is 3. The Labute approximate surface area is 79.9 Å². The highest BCUT2D eigenvalue weighted by Gasteiger charge is 2.03. The fourth-order valence-corrected chi connectivity index (χ4v) is 1.23. The Balaban J connectivity index is 2.81. The molecule has 0 bridgehead atoms. The smallest absolute Gasteiger partial charge is 0.277 e. The zero-order valence-corrected chi connectivity index (χ0v) is 7.89. The molecule has 0 saturated carbocycles. The lowest BCUT2D eigenvalue weighted by Gasteiger charge is -2.01. The minimum atomic E-state index is -0.155. The highest BCUT2D eigenvalue weighted by atomic mass is 16.5. The molecule has 5 heteroatoms. The third kappa shape index (κ3) is 1.22. The summed E-state index contributed by atoms with van der Waals surface area (Å²) in [6, 6.07) is 5.10. The Morgan fingerprint density at radius 2 is 2.21 bits per heavy atom. The number of methoxy groups -OCH3 is 1. The van der Waals surface area contributed by atoms with Crippen molar-refractivity contribution in [2.75, 3.05) is 7.11 Å². The molecule has 0 atom stereocenters. The lowest BCUT2D eigenvalue weighted by molar-refractivity contribution is 0.415. The summed E-state index contributed by atoms with van der Waals surface area (Å²) in [6.07, 6.45) is 0. The zero-order valence-electron chi connectivity index (χ0n) is 7.89. The molecule has 0 aliphatic carbocycles. The van der Waals surface area contributed by atoms with Crippen LogP contribution >= 0.6 is 0 Å². The number of aromatic nitrogens is 3. The van der Waals surface area contributed by atoms with Crippen LogP contribution in [0.1, 0.15) is 0 Å². The Morgan fingerprint density at radius 1 is 1.43 bits per heavy atom. The first kappa shape index (κ1) is 8.68. The quantitative estimate of drug-likeness (QED) is 0.652. The molecule has 1 aromatic carbocycles. The molecular formula is C9H9N3O2. The first-order valence-electron chi connectivity index (χ1n) is 4.10. The van der Waals surface area contributed by atoms with E-state index in [4.69, 9.17) is 4.74 Å². The number of hydrogen-bond acceptors (Lipinski definition) is 4. The van der Waals surface area contributed by atoms with Crippen molar-refractivity contribution in [3.63, 3.8) is 0 Å². The maximum absolute atomic E-state index is 11.5. The molecule has 0 amide bonds. The lowest BCUT2D eigenvalue weighted by atomic mass is 10.2. The first-order chi connectivity index (χ1) is 6.72. The van der Waals surface area contributed by atoms with Crippen LogP contribution in [0.5, 0.6) is 5.75 Å². The molecular weight excluding hydrogens is 182 g/mol. The average molecular weight is 191 g/mol. The molecule has 0 aliphatic heterocycles. The van der Waals surface area contributed by atoms with Crippen LogP contribution in [0.2, 0.25) is 0 Å². The second-order valence-corrected chi connectivity index (χ2v) is 2.90. The van der Waals surface area contributed by atoms with E-state index in [1.807, 2.05) is 0 Å². The number of fused-ring (bicyclic) bond motifs is 1. The van der Waals surface area contributed by atoms with Gasteiger partial charge in [-0.1, -0.05) is 5.21 Å². The van der Waals surface area contributed by atoms with Crippen molar-refractivity contribution >= 4 is 10.9 Å². The summed E-state index contributed by atoms with van der Waals surface area (Å²) >= 11 is 0. The molecule has 1 heterocycles. The van der Waals surface area contributed by atoms with Gasteiger partial charge in [-0.15, -0.1) is 5.10 Å². The minimum Gasteiger partial charge on any atom is -0.497 e. The maximum Gasteiger partial charge on any atom is 0.277 e. The van der Waals surface area contributed by atoms with Gasteiger partial charge < -0.3 is 4.74 Å². The van der Waals surface area contributed by atoms with Gasteiger partial charge in [-0.3, -0.25) is 4.79 Å². The number of ether oxygens (including phenoxy) is 1. The van der Waals surface area contributed by atoms with Crippen LogP contribution in [-0.4, -0.2) is 22.1 Å². The number of benzene rings is 1. The second kappa shape index (κ2) is 3.10. The maximum atomic E-state index is 11.5. The Morgan fingerprint density at radius 3 is 2.93 bits per heavy atom. The van der Waals surface area contributed by atoms with E-state index in [1.165, 1.54) is 4.68 Å². The summed E-state index contributed by atoms with van der Waals surface area (Å²) in [6.45, 7) is 0. The van der Waals surface area contributed by atoms with Gasteiger partial charge >= 0.3 is 0 Å². The van der Waals surface area contributed by atoms with Crippen LogP contribution in [0.3, 0.4) is 0 Å². The predicted molar refractivity (Wildman–Crippen MR) is 51.3 cm³/mol. The molecule has 0 N–H and O–H groups in total. The van der Waals surface area contributed by atoms with Crippen molar-refractivity contribution < 1.29 is 4.74 Å². The summed E-state index contributed by atoms with van der Waals surface area (Å²) < 4.78 is 6.22. The topological polar surface area (TPSA) is 57.0 Å². The normalized spacial score (nSPS) is 10.4. The van der Waals surface area contributed by atoms with E-state index in [0.717, 1.165) is 0 Å². The van der Waals surface area contributed by atoms with Gasteiger partial charge in [-0.2, -0.15) is 0 Å². The molecule has 1 aromatic heterocycles. The molecule has 72 valence electrons. The summed E-state index contributed by atoms with van der Waals surface area (Å²) in [5, 5.41) is 8.11. The van der Waals surface area contributed by atoms with E-state index in [-0.39, 0.29) is 5.56 Å². The Hall–Kier alpha value is -1.91. The van der Waals surface area contributed by atoms with Crippen molar-refractivity contribution in [2.24, 2.45) is 7.05 Å². The summed E-state index contributed by atoms with van der Waals surface area (Å²) in [7, 11) is 3.13. The fraction of sp³-hybridized carbons (Fsp3) is 0.222. The van der Waals surface area contributed by atoms with Gasteiger partial charge in [0.2, 0.25) is 0 Å².